The second kappa shape index (κ2) is 7.46. The molecule has 1 heterocycles. The fourth-order valence-corrected chi connectivity index (χ4v) is 2.25. The Hall–Kier alpha value is -1.54. The third-order valence-corrected chi connectivity index (χ3v) is 3.27. The van der Waals surface area contributed by atoms with Gasteiger partial charge in [0, 0.05) is 38.1 Å². The molecule has 4 nitrogen and oxygen atoms in total. The maximum Gasteiger partial charge on any atom is 0.226 e. The fraction of sp³-hybridized carbons (Fsp3) is 0.312. The Bertz CT molecular complexity index is 601. The average molecular weight is 455 g/mol. The summed E-state index contributed by atoms with van der Waals surface area (Å²) in [6.45, 7) is 7.17. The van der Waals surface area contributed by atoms with Gasteiger partial charge >= 0.3 is 0 Å². The molecule has 1 atom stereocenters. The van der Waals surface area contributed by atoms with Crippen LogP contribution in [0.5, 0.6) is 0 Å². The van der Waals surface area contributed by atoms with E-state index in [1.807, 2.05) is 44.2 Å². The fourth-order valence-electron chi connectivity index (χ4n) is 2.25. The van der Waals surface area contributed by atoms with Gasteiger partial charge in [0.2, 0.25) is 5.91 Å². The van der Waals surface area contributed by atoms with Crippen molar-refractivity contribution in [1.82, 2.24) is 10.3 Å². The Morgan fingerprint density at radius 3 is 2.52 bits per heavy atom. The van der Waals surface area contributed by atoms with E-state index in [-0.39, 0.29) is 45.1 Å². The van der Waals surface area contributed by atoms with Crippen molar-refractivity contribution in [3.63, 3.8) is 0 Å². The van der Waals surface area contributed by atoms with Crippen LogP contribution in [-0.4, -0.2) is 22.7 Å². The Balaban J connectivity index is 0.00000220. The molecule has 0 aliphatic heterocycles. The largest absolute Gasteiger partial charge is 0.358 e. The van der Waals surface area contributed by atoms with Gasteiger partial charge in [-0.25, -0.2) is 0 Å². The summed E-state index contributed by atoms with van der Waals surface area (Å²) in [5.74, 6) is -0.399. The van der Waals surface area contributed by atoms with Gasteiger partial charge in [-0.3, -0.25) is 4.79 Å². The molecule has 0 aliphatic carbocycles. The van der Waals surface area contributed by atoms with Crippen LogP contribution in [0.4, 0.5) is 0 Å². The van der Waals surface area contributed by atoms with Crippen molar-refractivity contribution in [2.24, 2.45) is 5.92 Å². The molecular formula is C16H19N2O2W-. The number of nitrogens with one attached hydrogen (secondary N) is 2. The molecule has 0 saturated heterocycles. The van der Waals surface area contributed by atoms with Crippen molar-refractivity contribution < 1.29 is 30.7 Å². The predicted octanol–water partition coefficient (Wildman–Crippen LogP) is 2.25. The molecule has 1 aromatic carbocycles. The summed E-state index contributed by atoms with van der Waals surface area (Å²) in [7, 11) is 0. The molecule has 0 radical (unpaired) electrons. The summed E-state index contributed by atoms with van der Waals surface area (Å²) in [5, 5.41) is 3.81. The van der Waals surface area contributed by atoms with Crippen molar-refractivity contribution in [2.75, 3.05) is 0 Å². The van der Waals surface area contributed by atoms with E-state index in [1.54, 1.807) is 0 Å². The second-order valence-corrected chi connectivity index (χ2v) is 5.31. The Morgan fingerprint density at radius 1 is 1.29 bits per heavy atom. The molecule has 0 saturated carbocycles. The summed E-state index contributed by atoms with van der Waals surface area (Å²) in [6, 6.07) is 9.28. The minimum Gasteiger partial charge on any atom is -0.358 e. The molecule has 1 aromatic heterocycles. The molecule has 5 heteroatoms. The van der Waals surface area contributed by atoms with Gasteiger partial charge in [-0.2, -0.15) is 0 Å². The maximum absolute atomic E-state index is 12.0. The summed E-state index contributed by atoms with van der Waals surface area (Å²) < 4.78 is 0. The van der Waals surface area contributed by atoms with E-state index < -0.39 is 6.04 Å². The van der Waals surface area contributed by atoms with Crippen LogP contribution < -0.4 is 5.32 Å². The number of rotatable bonds is 5. The van der Waals surface area contributed by atoms with Crippen LogP contribution in [0, 0.1) is 12.8 Å². The first-order valence-corrected chi connectivity index (χ1v) is 6.69. The number of hydrogen-bond donors (Lipinski definition) is 2. The van der Waals surface area contributed by atoms with E-state index in [9.17, 15) is 9.59 Å². The number of Topliss-reactive ketones (excluding diaryl/α,β-unsaturated/α-hetero) is 1. The average Bonchev–Trinajstić information content (AvgIpc) is 2.77. The summed E-state index contributed by atoms with van der Waals surface area (Å²) in [4.78, 5) is 26.6. The molecule has 2 rings (SSSR count). The smallest absolute Gasteiger partial charge is 0.226 e. The van der Waals surface area contributed by atoms with Crippen LogP contribution in [-0.2, 0) is 37.1 Å². The topological polar surface area (TPSA) is 62.0 Å². The third-order valence-electron chi connectivity index (χ3n) is 3.27. The number of amides is 1. The van der Waals surface area contributed by atoms with Gasteiger partial charge in [-0.15, -0.1) is 0 Å². The SMILES string of the molecule is [CH2-]C(=O)C(NC(=O)Cc1cc2ccccc2[nH]1)C(C)C.[W]. The van der Waals surface area contributed by atoms with E-state index in [0.29, 0.717) is 0 Å². The number of aromatic nitrogens is 1. The molecule has 1 amide bonds. The van der Waals surface area contributed by atoms with Crippen molar-refractivity contribution in [3.8, 4) is 0 Å². The number of carbonyl (C=O) groups is 2. The molecule has 0 bridgehead atoms. The van der Waals surface area contributed by atoms with Gasteiger partial charge in [0.15, 0.2) is 0 Å². The number of fused-ring (bicyclic) bond motifs is 1. The number of ketones is 1. The zero-order valence-electron chi connectivity index (χ0n) is 12.2. The zero-order valence-corrected chi connectivity index (χ0v) is 15.1. The third kappa shape index (κ3) is 4.47. The number of hydrogen-bond acceptors (Lipinski definition) is 2. The van der Waals surface area contributed by atoms with Gasteiger partial charge < -0.3 is 22.0 Å². The molecule has 0 aliphatic rings. The van der Waals surface area contributed by atoms with E-state index in [0.717, 1.165) is 16.6 Å². The first-order chi connectivity index (χ1) is 9.47. The van der Waals surface area contributed by atoms with E-state index >= 15 is 0 Å². The van der Waals surface area contributed by atoms with Crippen LogP contribution in [0.1, 0.15) is 19.5 Å². The van der Waals surface area contributed by atoms with E-state index in [4.69, 9.17) is 0 Å². The van der Waals surface area contributed by atoms with Crippen molar-refractivity contribution >= 4 is 22.6 Å². The zero-order chi connectivity index (χ0) is 14.7. The predicted molar refractivity (Wildman–Crippen MR) is 79.1 cm³/mol. The van der Waals surface area contributed by atoms with Gasteiger partial charge in [-0.05, 0) is 23.4 Å². The molecular weight excluding hydrogens is 436 g/mol. The molecule has 2 N–H and O–H groups in total. The minimum atomic E-state index is -0.521. The van der Waals surface area contributed by atoms with Crippen LogP contribution in [0.15, 0.2) is 30.3 Å². The number of benzene rings is 1. The quantitative estimate of drug-likeness (QED) is 0.680. The Morgan fingerprint density at radius 2 is 1.95 bits per heavy atom. The normalized spacial score (nSPS) is 12.0. The molecule has 21 heavy (non-hydrogen) atoms. The first-order valence-electron chi connectivity index (χ1n) is 6.69. The summed E-state index contributed by atoms with van der Waals surface area (Å²) in [6.07, 6.45) is 0.227. The number of aromatic amines is 1. The molecule has 112 valence electrons. The van der Waals surface area contributed by atoms with Gasteiger partial charge in [0.05, 0.1) is 12.5 Å². The van der Waals surface area contributed by atoms with E-state index in [2.05, 4.69) is 17.2 Å². The molecule has 0 spiro atoms. The second-order valence-electron chi connectivity index (χ2n) is 5.31. The van der Waals surface area contributed by atoms with Crippen molar-refractivity contribution in [1.29, 1.82) is 0 Å². The maximum atomic E-state index is 12.0. The van der Waals surface area contributed by atoms with Crippen LogP contribution in [0.2, 0.25) is 0 Å². The number of para-hydroxylation sites is 1. The van der Waals surface area contributed by atoms with Gasteiger partial charge in [0.25, 0.3) is 0 Å². The first kappa shape index (κ1) is 17.5. The van der Waals surface area contributed by atoms with Gasteiger partial charge in [0.1, 0.15) is 0 Å². The standard InChI is InChI=1S/C16H19N2O2.W/c1-10(2)16(11(3)19)18-15(20)9-13-8-12-6-4-5-7-14(12)17-13;/h4-8,10,16-17H,3,9H2,1-2H3,(H,18,20);/q-1;. The summed E-state index contributed by atoms with van der Waals surface area (Å²) >= 11 is 0. The van der Waals surface area contributed by atoms with Crippen molar-refractivity contribution in [2.45, 2.75) is 26.3 Å². The van der Waals surface area contributed by atoms with Gasteiger partial charge in [-0.1, -0.05) is 32.0 Å². The molecule has 1 unspecified atom stereocenters. The Labute approximate surface area is 139 Å². The van der Waals surface area contributed by atoms with Crippen LogP contribution in [0.3, 0.4) is 0 Å². The minimum absolute atomic E-state index is 0. The Kier molecular flexibility index (Phi) is 6.22. The van der Waals surface area contributed by atoms with Crippen LogP contribution in [0.25, 0.3) is 10.9 Å². The monoisotopic (exact) mass is 455 g/mol. The van der Waals surface area contributed by atoms with Crippen molar-refractivity contribution in [3.05, 3.63) is 42.9 Å². The number of carbonyl (C=O) groups excluding carboxylic acids is 2. The molecule has 2 aromatic rings. The summed E-state index contributed by atoms with van der Waals surface area (Å²) in [5.41, 5.74) is 1.84. The van der Waals surface area contributed by atoms with Crippen LogP contribution >= 0.6 is 0 Å². The number of H-pyrrole nitrogens is 1. The van der Waals surface area contributed by atoms with E-state index in [1.165, 1.54) is 0 Å². The molecule has 0 fully saturated rings.